The molecule has 12 heavy (non-hydrogen) atoms. The Hall–Kier alpha value is -0.553. The molecule has 0 heterocycles. The highest BCUT2D eigenvalue weighted by molar-refractivity contribution is 6.48. The van der Waals surface area contributed by atoms with Crippen LogP contribution in [0.25, 0.3) is 0 Å². The van der Waals surface area contributed by atoms with Crippen molar-refractivity contribution in [2.24, 2.45) is 0 Å². The van der Waals surface area contributed by atoms with Crippen molar-refractivity contribution in [3.63, 3.8) is 0 Å². The Morgan fingerprint density at radius 3 is 2.67 bits per heavy atom. The van der Waals surface area contributed by atoms with Gasteiger partial charge in [-0.1, -0.05) is 0 Å². The normalized spacial score (nSPS) is 12.2. The number of rotatable bonds is 5. The van der Waals surface area contributed by atoms with E-state index in [0.29, 0.717) is 13.2 Å². The van der Waals surface area contributed by atoms with Crippen molar-refractivity contribution >= 4 is 15.2 Å². The highest BCUT2D eigenvalue weighted by Gasteiger charge is 2.02. The predicted octanol–water partition coefficient (Wildman–Crippen LogP) is 0.895. The first-order valence-corrected chi connectivity index (χ1v) is 6.63. The van der Waals surface area contributed by atoms with Gasteiger partial charge in [0.2, 0.25) is 0 Å². The van der Waals surface area contributed by atoms with Gasteiger partial charge in [0.1, 0.15) is 0 Å². The highest BCUT2D eigenvalue weighted by atomic mass is 28.3. The summed E-state index contributed by atoms with van der Waals surface area (Å²) in [7, 11) is -1.48. The van der Waals surface area contributed by atoms with E-state index in [0.717, 1.165) is 12.5 Å². The molecular formula is C7H16O4Si. The Labute approximate surface area is 74.2 Å². The average Bonchev–Trinajstić information content (AvgIpc) is 1.98. The molecule has 0 saturated carbocycles. The van der Waals surface area contributed by atoms with E-state index in [9.17, 15) is 4.79 Å². The van der Waals surface area contributed by atoms with E-state index in [-0.39, 0.29) is 0 Å². The number of hydrogen-bond donors (Lipinski definition) is 1. The van der Waals surface area contributed by atoms with Crippen molar-refractivity contribution in [2.75, 3.05) is 13.2 Å². The van der Waals surface area contributed by atoms with Gasteiger partial charge in [-0.25, -0.2) is 4.79 Å². The lowest BCUT2D eigenvalue weighted by Gasteiger charge is -2.04. The molecule has 4 nitrogen and oxygen atoms in total. The highest BCUT2D eigenvalue weighted by Crippen LogP contribution is 1.96. The van der Waals surface area contributed by atoms with Crippen LogP contribution in [0.3, 0.4) is 0 Å². The lowest BCUT2D eigenvalue weighted by molar-refractivity contribution is 0.0590. The fraction of sp³-hybridized carbons (Fsp3) is 0.857. The first kappa shape index (κ1) is 11.4. The van der Waals surface area contributed by atoms with Crippen molar-refractivity contribution in [3.8, 4) is 0 Å². The smallest absolute Gasteiger partial charge is 0.435 e. The molecule has 0 spiro atoms. The minimum absolute atomic E-state index is 0.337. The van der Waals surface area contributed by atoms with E-state index in [1.807, 2.05) is 6.55 Å². The minimum atomic E-state index is -1.48. The summed E-state index contributed by atoms with van der Waals surface area (Å²) in [6.45, 7) is 4.25. The van der Waals surface area contributed by atoms with Gasteiger partial charge in [0.15, 0.2) is 9.04 Å². The number of carbonyl (C=O) groups is 1. The Morgan fingerprint density at radius 2 is 2.17 bits per heavy atom. The van der Waals surface area contributed by atoms with Crippen LogP contribution in [-0.2, 0) is 9.47 Å². The van der Waals surface area contributed by atoms with Gasteiger partial charge >= 0.3 is 6.16 Å². The Kier molecular flexibility index (Phi) is 6.79. The maximum atomic E-state index is 10.6. The predicted molar refractivity (Wildman–Crippen MR) is 47.6 cm³/mol. The third-order valence-electron chi connectivity index (χ3n) is 1.25. The largest absolute Gasteiger partial charge is 0.508 e. The van der Waals surface area contributed by atoms with Crippen molar-refractivity contribution in [1.29, 1.82) is 0 Å². The maximum Gasteiger partial charge on any atom is 0.508 e. The van der Waals surface area contributed by atoms with Crippen molar-refractivity contribution in [2.45, 2.75) is 25.9 Å². The minimum Gasteiger partial charge on any atom is -0.435 e. The van der Waals surface area contributed by atoms with Crippen LogP contribution in [0.4, 0.5) is 4.79 Å². The Balaban J connectivity index is 3.14. The summed E-state index contributed by atoms with van der Waals surface area (Å²) in [6.07, 6.45) is 0.104. The molecule has 0 bridgehead atoms. The second-order valence-corrected chi connectivity index (χ2v) is 4.80. The van der Waals surface area contributed by atoms with Crippen LogP contribution < -0.4 is 0 Å². The molecular weight excluding hydrogens is 176 g/mol. The molecule has 5 heteroatoms. The van der Waals surface area contributed by atoms with Crippen LogP contribution in [0.5, 0.6) is 0 Å². The number of ether oxygens (including phenoxy) is 2. The molecule has 0 aliphatic rings. The summed E-state index contributed by atoms with van der Waals surface area (Å²) >= 11 is 0. The van der Waals surface area contributed by atoms with E-state index in [2.05, 4.69) is 9.47 Å². The van der Waals surface area contributed by atoms with Gasteiger partial charge < -0.3 is 14.3 Å². The third kappa shape index (κ3) is 7.55. The summed E-state index contributed by atoms with van der Waals surface area (Å²) in [5.41, 5.74) is 0. The van der Waals surface area contributed by atoms with Crippen LogP contribution >= 0.6 is 0 Å². The van der Waals surface area contributed by atoms with Crippen molar-refractivity contribution in [3.05, 3.63) is 0 Å². The van der Waals surface area contributed by atoms with E-state index in [1.165, 1.54) is 0 Å². The molecule has 0 aromatic heterocycles. The molecule has 0 radical (unpaired) electrons. The van der Waals surface area contributed by atoms with E-state index < -0.39 is 15.2 Å². The Bertz CT molecular complexity index is 127. The van der Waals surface area contributed by atoms with E-state index >= 15 is 0 Å². The Morgan fingerprint density at radius 1 is 1.50 bits per heavy atom. The molecule has 72 valence electrons. The number of hydrogen-bond acceptors (Lipinski definition) is 4. The first-order chi connectivity index (χ1) is 5.66. The first-order valence-electron chi connectivity index (χ1n) is 4.14. The topological polar surface area (TPSA) is 55.8 Å². The van der Waals surface area contributed by atoms with Crippen molar-refractivity contribution in [1.82, 2.24) is 0 Å². The second kappa shape index (κ2) is 7.12. The zero-order valence-corrected chi connectivity index (χ0v) is 8.73. The molecule has 0 aliphatic heterocycles. The average molecular weight is 192 g/mol. The quantitative estimate of drug-likeness (QED) is 0.399. The van der Waals surface area contributed by atoms with Gasteiger partial charge in [0, 0.05) is 0 Å². The van der Waals surface area contributed by atoms with Gasteiger partial charge in [-0.2, -0.15) is 0 Å². The molecule has 0 aromatic carbocycles. The summed E-state index contributed by atoms with van der Waals surface area (Å²) in [4.78, 5) is 19.6. The van der Waals surface area contributed by atoms with Gasteiger partial charge in [0.05, 0.1) is 13.2 Å². The molecule has 0 amide bonds. The number of carbonyl (C=O) groups excluding carboxylic acids is 1. The molecule has 0 saturated heterocycles. The molecule has 0 rings (SSSR count). The van der Waals surface area contributed by atoms with Crippen molar-refractivity contribution < 1.29 is 19.1 Å². The molecule has 0 aromatic rings. The third-order valence-corrected chi connectivity index (χ3v) is 2.49. The van der Waals surface area contributed by atoms with E-state index in [1.54, 1.807) is 6.92 Å². The standard InChI is InChI=1S/C7H16O4Si/c1-3-10-7(8)11-5-4-6-12(2)9/h9,12H,3-6H2,1-2H3. The monoisotopic (exact) mass is 192 g/mol. The summed E-state index contributed by atoms with van der Waals surface area (Å²) in [5, 5.41) is 0. The zero-order chi connectivity index (χ0) is 9.40. The molecule has 1 unspecified atom stereocenters. The fourth-order valence-electron chi connectivity index (χ4n) is 0.694. The lowest BCUT2D eigenvalue weighted by Crippen LogP contribution is -2.10. The van der Waals surface area contributed by atoms with E-state index in [4.69, 9.17) is 4.80 Å². The fourth-order valence-corrected chi connectivity index (χ4v) is 1.45. The van der Waals surface area contributed by atoms with Crippen LogP contribution in [0.15, 0.2) is 0 Å². The maximum absolute atomic E-state index is 10.6. The van der Waals surface area contributed by atoms with Crippen LogP contribution in [0, 0.1) is 0 Å². The molecule has 0 aliphatic carbocycles. The van der Waals surface area contributed by atoms with Crippen LogP contribution in [0.2, 0.25) is 12.6 Å². The summed E-state index contributed by atoms with van der Waals surface area (Å²) < 4.78 is 9.22. The lowest BCUT2D eigenvalue weighted by atomic mass is 10.5. The van der Waals surface area contributed by atoms with Gasteiger partial charge in [0.25, 0.3) is 0 Å². The van der Waals surface area contributed by atoms with Gasteiger partial charge in [-0.3, -0.25) is 0 Å². The van der Waals surface area contributed by atoms with Gasteiger partial charge in [-0.15, -0.1) is 0 Å². The van der Waals surface area contributed by atoms with Crippen LogP contribution in [0.1, 0.15) is 13.3 Å². The summed E-state index contributed by atoms with van der Waals surface area (Å²) in [5.74, 6) is 0. The summed E-state index contributed by atoms with van der Waals surface area (Å²) in [6, 6.07) is 0.777. The van der Waals surface area contributed by atoms with Crippen LogP contribution in [-0.4, -0.2) is 33.2 Å². The SMILES string of the molecule is CCOC(=O)OCCC[SiH](C)O. The van der Waals surface area contributed by atoms with Gasteiger partial charge in [-0.05, 0) is 25.9 Å². The zero-order valence-electron chi connectivity index (χ0n) is 7.58. The molecule has 1 atom stereocenters. The second-order valence-electron chi connectivity index (χ2n) is 2.52. The molecule has 0 fully saturated rings. The molecule has 1 N–H and O–H groups in total.